The Labute approximate surface area is 183 Å². The van der Waals surface area contributed by atoms with E-state index in [1.54, 1.807) is 6.20 Å². The van der Waals surface area contributed by atoms with Crippen molar-refractivity contribution in [3.05, 3.63) is 66.2 Å². The molecule has 2 heterocycles. The van der Waals surface area contributed by atoms with Gasteiger partial charge in [-0.2, -0.15) is 0 Å². The number of aryl methyl sites for hydroxylation is 1. The second-order valence-electron chi connectivity index (χ2n) is 8.09. The Hall–Kier alpha value is -3.12. The molecule has 1 N–H and O–H groups in total. The van der Waals surface area contributed by atoms with Gasteiger partial charge in [0.05, 0.1) is 19.4 Å². The molecule has 0 bridgehead atoms. The van der Waals surface area contributed by atoms with Crippen molar-refractivity contribution in [1.29, 1.82) is 0 Å². The maximum atomic E-state index is 12.3. The van der Waals surface area contributed by atoms with Gasteiger partial charge in [0.1, 0.15) is 0 Å². The predicted octanol–water partition coefficient (Wildman–Crippen LogP) is 4.87. The lowest BCUT2D eigenvalue weighted by Gasteiger charge is -2.28. The zero-order chi connectivity index (χ0) is 21.6. The Morgan fingerprint density at radius 2 is 1.77 bits per heavy atom. The number of hydrogen-bond donors (Lipinski definition) is 1. The SMILES string of the molecule is CC(C)c1ccc(-c2cnc(CCC(=O)Nc3ccc(N4CCOCC4)cc3)o2)cc1. The number of morpholine rings is 1. The van der Waals surface area contributed by atoms with E-state index in [-0.39, 0.29) is 5.91 Å². The highest BCUT2D eigenvalue weighted by Gasteiger charge is 2.12. The molecule has 0 saturated carbocycles. The normalized spacial score (nSPS) is 14.1. The smallest absolute Gasteiger partial charge is 0.224 e. The number of aromatic nitrogens is 1. The fourth-order valence-electron chi connectivity index (χ4n) is 3.61. The van der Waals surface area contributed by atoms with Crippen LogP contribution in [0, 0.1) is 0 Å². The lowest BCUT2D eigenvalue weighted by molar-refractivity contribution is -0.116. The zero-order valence-corrected chi connectivity index (χ0v) is 18.1. The molecular formula is C25H29N3O3. The number of oxazole rings is 1. The van der Waals surface area contributed by atoms with E-state index in [2.05, 4.69) is 41.2 Å². The molecule has 0 radical (unpaired) electrons. The number of benzene rings is 2. The molecule has 1 amide bonds. The molecule has 6 nitrogen and oxygen atoms in total. The first-order chi connectivity index (χ1) is 15.1. The molecule has 1 saturated heterocycles. The van der Waals surface area contributed by atoms with Crippen molar-refractivity contribution in [2.75, 3.05) is 36.5 Å². The van der Waals surface area contributed by atoms with E-state index >= 15 is 0 Å². The van der Waals surface area contributed by atoms with Gasteiger partial charge in [-0.1, -0.05) is 38.1 Å². The van der Waals surface area contributed by atoms with E-state index in [4.69, 9.17) is 9.15 Å². The van der Waals surface area contributed by atoms with Crippen LogP contribution < -0.4 is 10.2 Å². The third-order valence-electron chi connectivity index (χ3n) is 5.51. The first-order valence-electron chi connectivity index (χ1n) is 10.9. The molecule has 3 aromatic rings. The fourth-order valence-corrected chi connectivity index (χ4v) is 3.61. The van der Waals surface area contributed by atoms with Crippen LogP contribution >= 0.6 is 0 Å². The second-order valence-corrected chi connectivity index (χ2v) is 8.09. The van der Waals surface area contributed by atoms with E-state index in [1.165, 1.54) is 5.56 Å². The summed E-state index contributed by atoms with van der Waals surface area (Å²) >= 11 is 0. The molecule has 162 valence electrons. The largest absolute Gasteiger partial charge is 0.441 e. The molecule has 0 spiro atoms. The predicted molar refractivity (Wildman–Crippen MR) is 122 cm³/mol. The third-order valence-corrected chi connectivity index (χ3v) is 5.51. The summed E-state index contributed by atoms with van der Waals surface area (Å²) < 4.78 is 11.2. The van der Waals surface area contributed by atoms with E-state index in [0.29, 0.717) is 24.7 Å². The topological polar surface area (TPSA) is 67.6 Å². The molecule has 1 aliphatic rings. The van der Waals surface area contributed by atoms with Gasteiger partial charge in [-0.3, -0.25) is 4.79 Å². The van der Waals surface area contributed by atoms with Crippen LogP contribution in [0.25, 0.3) is 11.3 Å². The van der Waals surface area contributed by atoms with E-state index in [1.807, 2.05) is 36.4 Å². The number of ether oxygens (including phenoxy) is 1. The van der Waals surface area contributed by atoms with Crippen molar-refractivity contribution in [2.24, 2.45) is 0 Å². The monoisotopic (exact) mass is 419 g/mol. The fraction of sp³-hybridized carbons (Fsp3) is 0.360. The van der Waals surface area contributed by atoms with Crippen LogP contribution in [0.4, 0.5) is 11.4 Å². The standard InChI is InChI=1S/C25H29N3O3/c1-18(2)19-3-5-20(6-4-19)23-17-26-25(31-23)12-11-24(29)27-21-7-9-22(10-8-21)28-13-15-30-16-14-28/h3-10,17-18H,11-16H2,1-2H3,(H,27,29). The van der Waals surface area contributed by atoms with Crippen LogP contribution in [0.15, 0.2) is 59.1 Å². The molecule has 1 aromatic heterocycles. The van der Waals surface area contributed by atoms with Gasteiger partial charge in [-0.15, -0.1) is 0 Å². The lowest BCUT2D eigenvalue weighted by Crippen LogP contribution is -2.36. The van der Waals surface area contributed by atoms with Crippen molar-refractivity contribution in [3.8, 4) is 11.3 Å². The number of anilines is 2. The molecule has 0 aliphatic carbocycles. The van der Waals surface area contributed by atoms with Crippen LogP contribution in [0.3, 0.4) is 0 Å². The quantitative estimate of drug-likeness (QED) is 0.592. The van der Waals surface area contributed by atoms with Crippen molar-refractivity contribution < 1.29 is 13.9 Å². The average molecular weight is 420 g/mol. The Kier molecular flexibility index (Phi) is 6.67. The Balaban J connectivity index is 1.28. The minimum absolute atomic E-state index is 0.0554. The molecule has 4 rings (SSSR count). The van der Waals surface area contributed by atoms with Crippen molar-refractivity contribution >= 4 is 17.3 Å². The van der Waals surface area contributed by atoms with Crippen LogP contribution in [0.5, 0.6) is 0 Å². The van der Waals surface area contributed by atoms with Crippen molar-refractivity contribution in [2.45, 2.75) is 32.6 Å². The molecule has 2 aromatic carbocycles. The molecule has 0 unspecified atom stereocenters. The number of rotatable bonds is 7. The average Bonchev–Trinajstić information content (AvgIpc) is 3.28. The first kappa shape index (κ1) is 21.1. The van der Waals surface area contributed by atoms with Gasteiger partial charge in [-0.05, 0) is 35.7 Å². The minimum atomic E-state index is -0.0554. The Bertz CT molecular complexity index is 988. The van der Waals surface area contributed by atoms with Gasteiger partial charge < -0.3 is 19.4 Å². The number of carbonyl (C=O) groups is 1. The maximum Gasteiger partial charge on any atom is 0.224 e. The van der Waals surface area contributed by atoms with Gasteiger partial charge in [0.25, 0.3) is 0 Å². The number of carbonyl (C=O) groups excluding carboxylic acids is 1. The molecule has 31 heavy (non-hydrogen) atoms. The summed E-state index contributed by atoms with van der Waals surface area (Å²) in [6.45, 7) is 7.64. The molecule has 6 heteroatoms. The summed E-state index contributed by atoms with van der Waals surface area (Å²) in [6.07, 6.45) is 2.50. The van der Waals surface area contributed by atoms with Crippen LogP contribution in [-0.2, 0) is 16.0 Å². The van der Waals surface area contributed by atoms with Crippen molar-refractivity contribution in [1.82, 2.24) is 4.98 Å². The lowest BCUT2D eigenvalue weighted by atomic mass is 10.0. The highest BCUT2D eigenvalue weighted by atomic mass is 16.5. The van der Waals surface area contributed by atoms with Gasteiger partial charge in [-0.25, -0.2) is 4.98 Å². The highest BCUT2D eigenvalue weighted by molar-refractivity contribution is 5.91. The van der Waals surface area contributed by atoms with E-state index in [9.17, 15) is 4.79 Å². The first-order valence-corrected chi connectivity index (χ1v) is 10.9. The minimum Gasteiger partial charge on any atom is -0.441 e. The van der Waals surface area contributed by atoms with Crippen LogP contribution in [-0.4, -0.2) is 37.2 Å². The summed E-state index contributed by atoms with van der Waals surface area (Å²) in [6, 6.07) is 16.3. The maximum absolute atomic E-state index is 12.3. The molecule has 1 aliphatic heterocycles. The molecule has 0 atom stereocenters. The second kappa shape index (κ2) is 9.79. The van der Waals surface area contributed by atoms with Crippen LogP contribution in [0.2, 0.25) is 0 Å². The number of nitrogens with one attached hydrogen (secondary N) is 1. The number of amides is 1. The third kappa shape index (κ3) is 5.52. The summed E-state index contributed by atoms with van der Waals surface area (Å²) in [5.74, 6) is 1.73. The van der Waals surface area contributed by atoms with Gasteiger partial charge >= 0.3 is 0 Å². The van der Waals surface area contributed by atoms with Crippen LogP contribution in [0.1, 0.15) is 37.6 Å². The Morgan fingerprint density at radius 1 is 1.06 bits per heavy atom. The summed E-state index contributed by atoms with van der Waals surface area (Å²) in [5, 5.41) is 2.95. The zero-order valence-electron chi connectivity index (χ0n) is 18.1. The Morgan fingerprint density at radius 3 is 2.45 bits per heavy atom. The van der Waals surface area contributed by atoms with Crippen molar-refractivity contribution in [3.63, 3.8) is 0 Å². The van der Waals surface area contributed by atoms with E-state index < -0.39 is 0 Å². The van der Waals surface area contributed by atoms with E-state index in [0.717, 1.165) is 49.0 Å². The molecule has 1 fully saturated rings. The van der Waals surface area contributed by atoms with Gasteiger partial charge in [0.15, 0.2) is 11.7 Å². The summed E-state index contributed by atoms with van der Waals surface area (Å²) in [4.78, 5) is 19.0. The summed E-state index contributed by atoms with van der Waals surface area (Å²) in [7, 11) is 0. The van der Waals surface area contributed by atoms with Gasteiger partial charge in [0.2, 0.25) is 5.91 Å². The number of hydrogen-bond acceptors (Lipinski definition) is 5. The van der Waals surface area contributed by atoms with Gasteiger partial charge in [0, 0.05) is 42.9 Å². The summed E-state index contributed by atoms with van der Waals surface area (Å²) in [5.41, 5.74) is 4.22. The highest BCUT2D eigenvalue weighted by Crippen LogP contribution is 2.24. The molecular weight excluding hydrogens is 390 g/mol. The number of nitrogens with zero attached hydrogens (tertiary/aromatic N) is 2.